The zero-order chi connectivity index (χ0) is 13.9. The number of hydrogen-bond donors (Lipinski definition) is 0. The summed E-state index contributed by atoms with van der Waals surface area (Å²) in [5.74, 6) is 0.123. The van der Waals surface area contributed by atoms with Gasteiger partial charge in [0.05, 0.1) is 5.56 Å². The number of carbonyl (C=O) groups is 1. The van der Waals surface area contributed by atoms with Crippen molar-refractivity contribution in [2.75, 3.05) is 0 Å². The first kappa shape index (κ1) is 14.1. The maximum absolute atomic E-state index is 11.8. The van der Waals surface area contributed by atoms with Crippen molar-refractivity contribution >= 4 is 5.97 Å². The Bertz CT molecular complexity index is 425. The maximum atomic E-state index is 11.8. The van der Waals surface area contributed by atoms with Gasteiger partial charge in [-0.05, 0) is 42.7 Å². The Hall–Kier alpha value is -1.35. The monoisotopic (exact) mass is 261 g/mol. The highest BCUT2D eigenvalue weighted by molar-refractivity contribution is 5.88. The van der Waals surface area contributed by atoms with Crippen molar-refractivity contribution < 1.29 is 14.6 Å². The van der Waals surface area contributed by atoms with E-state index >= 15 is 0 Å². The van der Waals surface area contributed by atoms with Crippen LogP contribution in [0.5, 0.6) is 0 Å². The Morgan fingerprint density at radius 2 is 1.95 bits per heavy atom. The van der Waals surface area contributed by atoms with Crippen LogP contribution in [0, 0.1) is 17.4 Å². The van der Waals surface area contributed by atoms with Gasteiger partial charge in [0, 0.05) is 0 Å². The molecule has 0 saturated heterocycles. The van der Waals surface area contributed by atoms with Gasteiger partial charge in [-0.15, -0.1) is 0 Å². The lowest BCUT2D eigenvalue weighted by atomic mass is 9.71. The number of hydrogen-bond acceptors (Lipinski definition) is 3. The quantitative estimate of drug-likeness (QED) is 0.605. The van der Waals surface area contributed by atoms with Crippen LogP contribution in [0.15, 0.2) is 30.3 Å². The van der Waals surface area contributed by atoms with Crippen molar-refractivity contribution in [2.24, 2.45) is 11.3 Å². The van der Waals surface area contributed by atoms with E-state index in [4.69, 9.17) is 9.78 Å². The summed E-state index contributed by atoms with van der Waals surface area (Å²) in [5, 5.41) is 0. The molecule has 0 bridgehead atoms. The molecule has 0 spiro atoms. The van der Waals surface area contributed by atoms with E-state index in [0.717, 1.165) is 18.9 Å². The van der Waals surface area contributed by atoms with E-state index in [1.165, 1.54) is 6.42 Å². The number of benzene rings is 1. The van der Waals surface area contributed by atoms with Crippen LogP contribution in [0.4, 0.5) is 0 Å². The highest BCUT2D eigenvalue weighted by Gasteiger charge is 2.34. The molecule has 19 heavy (non-hydrogen) atoms. The lowest BCUT2D eigenvalue weighted by Gasteiger charge is -2.36. The Kier molecular flexibility index (Phi) is 4.25. The number of rotatable bonds is 3. The maximum Gasteiger partial charge on any atom is 0.373 e. The standard InChI is InChI=1S/C16H21O3/c1-12-9-14(11-16(2,3)10-12)18-19-15(17)13-7-5-4-6-8-13/h4-8,12H,9-11H2,1-3H3. The van der Waals surface area contributed by atoms with Crippen LogP contribution in [0.2, 0.25) is 0 Å². The Labute approximate surface area is 114 Å². The molecule has 1 radical (unpaired) electrons. The molecular weight excluding hydrogens is 240 g/mol. The van der Waals surface area contributed by atoms with E-state index < -0.39 is 5.97 Å². The minimum Gasteiger partial charge on any atom is -0.292 e. The first-order valence-electron chi connectivity index (χ1n) is 6.75. The molecule has 0 amide bonds. The topological polar surface area (TPSA) is 35.5 Å². The molecule has 1 aliphatic rings. The van der Waals surface area contributed by atoms with Crippen LogP contribution >= 0.6 is 0 Å². The predicted molar refractivity (Wildman–Crippen MR) is 73.0 cm³/mol. The molecular formula is C16H21O3. The van der Waals surface area contributed by atoms with Crippen molar-refractivity contribution in [1.29, 1.82) is 0 Å². The lowest BCUT2D eigenvalue weighted by molar-refractivity contribution is -0.245. The second-order valence-corrected chi connectivity index (χ2v) is 6.21. The third-order valence-corrected chi connectivity index (χ3v) is 3.40. The van der Waals surface area contributed by atoms with E-state index in [1.807, 2.05) is 6.07 Å². The fourth-order valence-electron chi connectivity index (χ4n) is 2.86. The SMILES string of the molecule is CC1C[C](OOC(=O)c2ccccc2)CC(C)(C)C1. The van der Waals surface area contributed by atoms with Crippen LogP contribution in [0.1, 0.15) is 50.4 Å². The second-order valence-electron chi connectivity index (χ2n) is 6.21. The summed E-state index contributed by atoms with van der Waals surface area (Å²) in [6.45, 7) is 6.62. The van der Waals surface area contributed by atoms with Gasteiger partial charge in [0.2, 0.25) is 0 Å². The zero-order valence-corrected chi connectivity index (χ0v) is 11.8. The molecule has 0 aromatic heterocycles. The molecule has 1 unspecified atom stereocenters. The number of carbonyl (C=O) groups excluding carboxylic acids is 1. The molecule has 1 aromatic carbocycles. The van der Waals surface area contributed by atoms with E-state index in [-0.39, 0.29) is 5.41 Å². The van der Waals surface area contributed by atoms with Crippen LogP contribution in [-0.4, -0.2) is 5.97 Å². The summed E-state index contributed by atoms with van der Waals surface area (Å²) in [4.78, 5) is 22.0. The highest BCUT2D eigenvalue weighted by Crippen LogP contribution is 2.43. The average molecular weight is 261 g/mol. The first-order chi connectivity index (χ1) is 8.96. The van der Waals surface area contributed by atoms with E-state index in [0.29, 0.717) is 11.5 Å². The third kappa shape index (κ3) is 4.06. The van der Waals surface area contributed by atoms with Gasteiger partial charge in [-0.1, -0.05) is 39.0 Å². The lowest BCUT2D eigenvalue weighted by Crippen LogP contribution is -2.28. The van der Waals surface area contributed by atoms with Gasteiger partial charge in [0.1, 0.15) is 6.10 Å². The summed E-state index contributed by atoms with van der Waals surface area (Å²) >= 11 is 0. The molecule has 2 rings (SSSR count). The summed E-state index contributed by atoms with van der Waals surface area (Å²) in [5.41, 5.74) is 0.720. The summed E-state index contributed by atoms with van der Waals surface area (Å²) in [7, 11) is 0. The zero-order valence-electron chi connectivity index (χ0n) is 11.8. The molecule has 3 nitrogen and oxygen atoms in total. The molecule has 103 valence electrons. The van der Waals surface area contributed by atoms with Gasteiger partial charge in [-0.25, -0.2) is 4.79 Å². The normalized spacial score (nSPS) is 23.0. The van der Waals surface area contributed by atoms with Crippen molar-refractivity contribution in [3.63, 3.8) is 0 Å². The van der Waals surface area contributed by atoms with Crippen LogP contribution in [0.3, 0.4) is 0 Å². The van der Waals surface area contributed by atoms with Crippen LogP contribution < -0.4 is 0 Å². The predicted octanol–water partition coefficient (Wildman–Crippen LogP) is 4.15. The molecule has 0 aliphatic heterocycles. The van der Waals surface area contributed by atoms with Gasteiger partial charge in [0.15, 0.2) is 0 Å². The highest BCUT2D eigenvalue weighted by atomic mass is 17.2. The minimum atomic E-state index is -0.441. The molecule has 1 aromatic rings. The van der Waals surface area contributed by atoms with Gasteiger partial charge in [-0.2, -0.15) is 4.89 Å². The fraction of sp³-hybridized carbons (Fsp3) is 0.500. The Balaban J connectivity index is 1.87. The second kappa shape index (κ2) is 5.74. The molecule has 0 N–H and O–H groups in total. The minimum absolute atomic E-state index is 0.214. The molecule has 0 heterocycles. The van der Waals surface area contributed by atoms with E-state index in [2.05, 4.69) is 20.8 Å². The smallest absolute Gasteiger partial charge is 0.292 e. The molecule has 1 fully saturated rings. The third-order valence-electron chi connectivity index (χ3n) is 3.40. The molecule has 1 atom stereocenters. The van der Waals surface area contributed by atoms with E-state index in [1.54, 1.807) is 24.3 Å². The first-order valence-corrected chi connectivity index (χ1v) is 6.75. The van der Waals surface area contributed by atoms with Crippen molar-refractivity contribution in [2.45, 2.75) is 40.0 Å². The fourth-order valence-corrected chi connectivity index (χ4v) is 2.86. The average Bonchev–Trinajstić information content (AvgIpc) is 2.34. The molecule has 1 saturated carbocycles. The summed E-state index contributed by atoms with van der Waals surface area (Å²) < 4.78 is 0. The summed E-state index contributed by atoms with van der Waals surface area (Å²) in [6.07, 6.45) is 3.75. The van der Waals surface area contributed by atoms with Gasteiger partial charge < -0.3 is 0 Å². The van der Waals surface area contributed by atoms with Gasteiger partial charge >= 0.3 is 5.97 Å². The van der Waals surface area contributed by atoms with Crippen molar-refractivity contribution in [3.8, 4) is 0 Å². The van der Waals surface area contributed by atoms with Crippen LogP contribution in [-0.2, 0) is 9.78 Å². The van der Waals surface area contributed by atoms with E-state index in [9.17, 15) is 4.79 Å². The van der Waals surface area contributed by atoms with Crippen molar-refractivity contribution in [3.05, 3.63) is 42.0 Å². The van der Waals surface area contributed by atoms with Crippen LogP contribution in [0.25, 0.3) is 0 Å². The van der Waals surface area contributed by atoms with Gasteiger partial charge in [0.25, 0.3) is 0 Å². The summed E-state index contributed by atoms with van der Waals surface area (Å²) in [6, 6.07) is 8.89. The molecule has 1 aliphatic carbocycles. The Morgan fingerprint density at radius 1 is 1.26 bits per heavy atom. The van der Waals surface area contributed by atoms with Crippen molar-refractivity contribution in [1.82, 2.24) is 0 Å². The Morgan fingerprint density at radius 3 is 2.58 bits per heavy atom. The van der Waals surface area contributed by atoms with Gasteiger partial charge in [-0.3, -0.25) is 4.89 Å². The molecule has 3 heteroatoms. The largest absolute Gasteiger partial charge is 0.373 e.